The SMILES string of the molecule is c1ccc(-c2nc(-c3ccccc3)nc(-c3ccc(-c4cccc5sc6c(-c7ccccc7)cccc6c45)cc3)n2)cc1. The molecule has 3 nitrogen and oxygen atoms in total. The maximum absolute atomic E-state index is 4.90. The molecule has 0 saturated carbocycles. The van der Waals surface area contributed by atoms with Crippen molar-refractivity contribution >= 4 is 31.5 Å². The number of aromatic nitrogens is 3. The molecule has 6 aromatic carbocycles. The minimum absolute atomic E-state index is 0.658. The van der Waals surface area contributed by atoms with Crippen LogP contribution in [0.5, 0.6) is 0 Å². The maximum Gasteiger partial charge on any atom is 0.164 e. The lowest BCUT2D eigenvalue weighted by Gasteiger charge is -2.10. The molecule has 202 valence electrons. The van der Waals surface area contributed by atoms with Crippen LogP contribution in [0, 0.1) is 0 Å². The number of benzene rings is 6. The van der Waals surface area contributed by atoms with Gasteiger partial charge in [0, 0.05) is 36.9 Å². The molecular weight excluding hydrogens is 543 g/mol. The predicted molar refractivity (Wildman–Crippen MR) is 180 cm³/mol. The van der Waals surface area contributed by atoms with E-state index in [2.05, 4.69) is 91.0 Å². The zero-order chi connectivity index (χ0) is 28.6. The van der Waals surface area contributed by atoms with Crippen LogP contribution >= 0.6 is 11.3 Å². The lowest BCUT2D eigenvalue weighted by atomic mass is 9.97. The minimum atomic E-state index is 0.658. The largest absolute Gasteiger partial charge is 0.208 e. The average molecular weight is 568 g/mol. The summed E-state index contributed by atoms with van der Waals surface area (Å²) in [6.07, 6.45) is 0. The Morgan fingerprint density at radius 3 is 1.37 bits per heavy atom. The molecule has 0 saturated heterocycles. The molecule has 8 aromatic rings. The predicted octanol–water partition coefficient (Wildman–Crippen LogP) is 10.6. The summed E-state index contributed by atoms with van der Waals surface area (Å²) < 4.78 is 2.61. The second-order valence-corrected chi connectivity index (χ2v) is 11.5. The molecule has 0 aliphatic heterocycles. The van der Waals surface area contributed by atoms with Crippen molar-refractivity contribution in [1.82, 2.24) is 15.0 Å². The van der Waals surface area contributed by atoms with E-state index in [0.717, 1.165) is 16.7 Å². The van der Waals surface area contributed by atoms with Gasteiger partial charge < -0.3 is 0 Å². The van der Waals surface area contributed by atoms with Crippen LogP contribution in [0.4, 0.5) is 0 Å². The second-order valence-electron chi connectivity index (χ2n) is 10.4. The van der Waals surface area contributed by atoms with Crippen LogP contribution in [0.2, 0.25) is 0 Å². The van der Waals surface area contributed by atoms with Gasteiger partial charge >= 0.3 is 0 Å². The van der Waals surface area contributed by atoms with E-state index >= 15 is 0 Å². The monoisotopic (exact) mass is 567 g/mol. The van der Waals surface area contributed by atoms with Gasteiger partial charge in [-0.2, -0.15) is 0 Å². The van der Waals surface area contributed by atoms with Gasteiger partial charge in [0.1, 0.15) is 0 Å². The Bertz CT molecular complexity index is 2150. The van der Waals surface area contributed by atoms with Gasteiger partial charge in [-0.15, -0.1) is 11.3 Å². The zero-order valence-corrected chi connectivity index (χ0v) is 24.0. The van der Waals surface area contributed by atoms with Gasteiger partial charge in [0.05, 0.1) is 0 Å². The molecule has 0 atom stereocenters. The summed E-state index contributed by atoms with van der Waals surface area (Å²) in [4.78, 5) is 14.6. The lowest BCUT2D eigenvalue weighted by Crippen LogP contribution is -2.00. The van der Waals surface area contributed by atoms with Gasteiger partial charge in [-0.3, -0.25) is 0 Å². The van der Waals surface area contributed by atoms with Gasteiger partial charge in [-0.05, 0) is 28.3 Å². The Morgan fingerprint density at radius 1 is 0.349 bits per heavy atom. The number of fused-ring (bicyclic) bond motifs is 3. The summed E-state index contributed by atoms with van der Waals surface area (Å²) in [6, 6.07) is 52.7. The van der Waals surface area contributed by atoms with Crippen molar-refractivity contribution in [2.75, 3.05) is 0 Å². The Hall–Kier alpha value is -5.45. The zero-order valence-electron chi connectivity index (χ0n) is 23.2. The molecule has 0 fully saturated rings. The molecule has 0 aliphatic rings. The lowest BCUT2D eigenvalue weighted by molar-refractivity contribution is 1.07. The van der Waals surface area contributed by atoms with Crippen LogP contribution < -0.4 is 0 Å². The molecule has 43 heavy (non-hydrogen) atoms. The topological polar surface area (TPSA) is 38.7 Å². The van der Waals surface area contributed by atoms with Crippen LogP contribution in [0.15, 0.2) is 152 Å². The molecule has 2 heterocycles. The van der Waals surface area contributed by atoms with E-state index < -0.39 is 0 Å². The van der Waals surface area contributed by atoms with Gasteiger partial charge in [-0.1, -0.05) is 146 Å². The third kappa shape index (κ3) is 4.68. The summed E-state index contributed by atoms with van der Waals surface area (Å²) >= 11 is 1.86. The van der Waals surface area contributed by atoms with Gasteiger partial charge in [0.2, 0.25) is 0 Å². The Morgan fingerprint density at radius 2 is 0.791 bits per heavy atom. The molecule has 4 heteroatoms. The maximum atomic E-state index is 4.90. The summed E-state index contributed by atoms with van der Waals surface area (Å²) in [5.74, 6) is 1.99. The van der Waals surface area contributed by atoms with Crippen LogP contribution in [-0.4, -0.2) is 15.0 Å². The molecule has 0 bridgehead atoms. The number of hydrogen-bond acceptors (Lipinski definition) is 4. The quantitative estimate of drug-likeness (QED) is 0.208. The molecule has 2 aromatic heterocycles. The number of hydrogen-bond donors (Lipinski definition) is 0. The summed E-state index contributed by atoms with van der Waals surface area (Å²) in [6.45, 7) is 0. The van der Waals surface area contributed by atoms with E-state index in [-0.39, 0.29) is 0 Å². The fourth-order valence-electron chi connectivity index (χ4n) is 5.67. The van der Waals surface area contributed by atoms with E-state index in [0.29, 0.717) is 17.5 Å². The molecule has 0 N–H and O–H groups in total. The first kappa shape index (κ1) is 25.3. The highest BCUT2D eigenvalue weighted by Crippen LogP contribution is 2.43. The first-order chi connectivity index (χ1) is 21.3. The number of nitrogens with zero attached hydrogens (tertiary/aromatic N) is 3. The van der Waals surface area contributed by atoms with Crippen molar-refractivity contribution < 1.29 is 0 Å². The normalized spacial score (nSPS) is 11.3. The van der Waals surface area contributed by atoms with Crippen molar-refractivity contribution in [2.24, 2.45) is 0 Å². The summed E-state index contributed by atoms with van der Waals surface area (Å²) in [5.41, 5.74) is 7.79. The van der Waals surface area contributed by atoms with E-state index in [1.807, 2.05) is 72.0 Å². The number of rotatable bonds is 5. The molecule has 0 aliphatic carbocycles. The van der Waals surface area contributed by atoms with Crippen molar-refractivity contribution in [3.8, 4) is 56.4 Å². The van der Waals surface area contributed by atoms with Crippen molar-refractivity contribution in [3.05, 3.63) is 152 Å². The first-order valence-corrected chi connectivity index (χ1v) is 15.1. The molecule has 0 unspecified atom stereocenters. The first-order valence-electron chi connectivity index (χ1n) is 14.3. The van der Waals surface area contributed by atoms with Crippen LogP contribution in [0.1, 0.15) is 0 Å². The second kappa shape index (κ2) is 10.8. The summed E-state index contributed by atoms with van der Waals surface area (Å²) in [5, 5.41) is 2.59. The van der Waals surface area contributed by atoms with Gasteiger partial charge in [0.15, 0.2) is 17.5 Å². The Balaban J connectivity index is 1.23. The van der Waals surface area contributed by atoms with Crippen LogP contribution in [0.25, 0.3) is 76.6 Å². The van der Waals surface area contributed by atoms with Crippen LogP contribution in [0.3, 0.4) is 0 Å². The highest BCUT2D eigenvalue weighted by Gasteiger charge is 2.16. The Kier molecular flexibility index (Phi) is 6.32. The van der Waals surface area contributed by atoms with E-state index in [1.165, 1.54) is 42.4 Å². The van der Waals surface area contributed by atoms with E-state index in [1.54, 1.807) is 0 Å². The Labute approximate surface area is 253 Å². The van der Waals surface area contributed by atoms with Gasteiger partial charge in [0.25, 0.3) is 0 Å². The average Bonchev–Trinajstić information content (AvgIpc) is 3.49. The minimum Gasteiger partial charge on any atom is -0.208 e. The van der Waals surface area contributed by atoms with Crippen molar-refractivity contribution in [1.29, 1.82) is 0 Å². The van der Waals surface area contributed by atoms with E-state index in [9.17, 15) is 0 Å². The fraction of sp³-hybridized carbons (Fsp3) is 0. The molecule has 0 radical (unpaired) electrons. The number of thiophene rings is 1. The molecule has 0 spiro atoms. The summed E-state index contributed by atoms with van der Waals surface area (Å²) in [7, 11) is 0. The molecule has 8 rings (SSSR count). The highest BCUT2D eigenvalue weighted by molar-refractivity contribution is 7.26. The molecule has 0 amide bonds. The third-order valence-corrected chi connectivity index (χ3v) is 8.96. The highest BCUT2D eigenvalue weighted by atomic mass is 32.1. The standard InChI is InChI=1S/C39H25N3S/c1-4-12-26(13-5-1)32-19-10-20-33-35-31(18-11-21-34(35)43-36(32)33)27-22-24-30(25-23-27)39-41-37(28-14-6-2-7-15-28)40-38(42-39)29-16-8-3-9-17-29/h1-25H. The molecular formula is C39H25N3S. The van der Waals surface area contributed by atoms with Crippen molar-refractivity contribution in [3.63, 3.8) is 0 Å². The van der Waals surface area contributed by atoms with Gasteiger partial charge in [-0.25, -0.2) is 15.0 Å². The smallest absolute Gasteiger partial charge is 0.164 e. The van der Waals surface area contributed by atoms with Crippen LogP contribution in [-0.2, 0) is 0 Å². The van der Waals surface area contributed by atoms with Crippen molar-refractivity contribution in [2.45, 2.75) is 0 Å². The van der Waals surface area contributed by atoms with E-state index in [4.69, 9.17) is 15.0 Å². The fourth-order valence-corrected chi connectivity index (χ4v) is 6.93. The third-order valence-electron chi connectivity index (χ3n) is 7.76.